The van der Waals surface area contributed by atoms with E-state index in [2.05, 4.69) is 10.0 Å². The lowest BCUT2D eigenvalue weighted by Gasteiger charge is -2.18. The van der Waals surface area contributed by atoms with E-state index in [1.165, 1.54) is 42.5 Å². The summed E-state index contributed by atoms with van der Waals surface area (Å²) in [5.41, 5.74) is 0.634. The molecule has 0 spiro atoms. The number of hydrogen-bond donors (Lipinski definition) is 2. The molecule has 0 unspecified atom stereocenters. The van der Waals surface area contributed by atoms with Gasteiger partial charge in [0.25, 0.3) is 15.9 Å². The van der Waals surface area contributed by atoms with E-state index < -0.39 is 16.1 Å². The first-order valence-electron chi connectivity index (χ1n) is 9.91. The molecule has 0 aliphatic rings. The Balaban J connectivity index is 1.67. The van der Waals surface area contributed by atoms with Crippen molar-refractivity contribution in [3.63, 3.8) is 0 Å². The highest BCUT2D eigenvalue weighted by atomic mass is 35.5. The van der Waals surface area contributed by atoms with Crippen LogP contribution in [0.15, 0.2) is 71.6 Å². The van der Waals surface area contributed by atoms with Crippen molar-refractivity contribution in [2.45, 2.75) is 24.3 Å². The molecule has 0 aliphatic carbocycles. The molecule has 7 nitrogen and oxygen atoms in total. The molecular weight excluding hydrogens is 487 g/mol. The summed E-state index contributed by atoms with van der Waals surface area (Å²) in [6.07, 6.45) is -0.310. The second kappa shape index (κ2) is 10.8. The molecule has 3 aromatic rings. The van der Waals surface area contributed by atoms with E-state index in [4.69, 9.17) is 32.7 Å². The van der Waals surface area contributed by atoms with Crippen LogP contribution in [0.5, 0.6) is 11.5 Å². The molecule has 174 valence electrons. The third kappa shape index (κ3) is 6.54. The lowest BCUT2D eigenvalue weighted by Crippen LogP contribution is -2.32. The smallest absolute Gasteiger partial charge is 0.265 e. The number of sulfonamides is 1. The molecule has 1 atom stereocenters. The number of nitrogens with one attached hydrogen (secondary N) is 2. The Kier molecular flexibility index (Phi) is 8.07. The molecule has 1 amide bonds. The fourth-order valence-electron chi connectivity index (χ4n) is 2.88. The third-order valence-electron chi connectivity index (χ3n) is 4.59. The fourth-order valence-corrected chi connectivity index (χ4v) is 4.47. The van der Waals surface area contributed by atoms with Crippen molar-refractivity contribution in [1.29, 1.82) is 0 Å². The van der Waals surface area contributed by atoms with Gasteiger partial charge in [0.1, 0.15) is 11.5 Å². The zero-order valence-electron chi connectivity index (χ0n) is 17.8. The average molecular weight is 509 g/mol. The second-order valence-electron chi connectivity index (χ2n) is 6.94. The molecule has 0 heterocycles. The molecule has 3 rings (SSSR count). The monoisotopic (exact) mass is 508 g/mol. The minimum atomic E-state index is -3.89. The average Bonchev–Trinajstić information content (AvgIpc) is 2.79. The number of carbonyl (C=O) groups is 1. The van der Waals surface area contributed by atoms with Crippen LogP contribution in [0.3, 0.4) is 0 Å². The van der Waals surface area contributed by atoms with E-state index in [1.807, 2.05) is 6.92 Å². The number of halogens is 2. The molecule has 3 aromatic carbocycles. The van der Waals surface area contributed by atoms with Crippen LogP contribution in [0.1, 0.15) is 13.3 Å². The first kappa shape index (κ1) is 24.7. The summed E-state index contributed by atoms with van der Waals surface area (Å²) < 4.78 is 38.7. The number of benzene rings is 3. The molecule has 0 aromatic heterocycles. The van der Waals surface area contributed by atoms with E-state index >= 15 is 0 Å². The van der Waals surface area contributed by atoms with Gasteiger partial charge in [0.05, 0.1) is 22.7 Å². The summed E-state index contributed by atoms with van der Waals surface area (Å²) in [5, 5.41) is 3.31. The molecule has 0 fully saturated rings. The van der Waals surface area contributed by atoms with Crippen molar-refractivity contribution in [2.24, 2.45) is 0 Å². The van der Waals surface area contributed by atoms with Gasteiger partial charge in [-0.3, -0.25) is 9.52 Å². The number of carbonyl (C=O) groups excluding carboxylic acids is 1. The Morgan fingerprint density at radius 2 is 1.70 bits per heavy atom. The first-order valence-corrected chi connectivity index (χ1v) is 12.1. The van der Waals surface area contributed by atoms with Crippen LogP contribution in [-0.2, 0) is 14.8 Å². The van der Waals surface area contributed by atoms with Gasteiger partial charge < -0.3 is 14.8 Å². The number of hydrogen-bond acceptors (Lipinski definition) is 5. The van der Waals surface area contributed by atoms with E-state index in [0.29, 0.717) is 28.6 Å². The second-order valence-corrected chi connectivity index (χ2v) is 9.46. The Labute approximate surface area is 202 Å². The number of ether oxygens (including phenoxy) is 2. The van der Waals surface area contributed by atoms with Crippen molar-refractivity contribution in [2.75, 3.05) is 17.1 Å². The van der Waals surface area contributed by atoms with Crippen LogP contribution >= 0.6 is 23.2 Å². The molecule has 0 saturated carbocycles. The van der Waals surface area contributed by atoms with Gasteiger partial charge in [0.2, 0.25) is 0 Å². The highest BCUT2D eigenvalue weighted by Crippen LogP contribution is 2.28. The highest BCUT2D eigenvalue weighted by Gasteiger charge is 2.20. The summed E-state index contributed by atoms with van der Waals surface area (Å²) in [6, 6.07) is 17.2. The molecular formula is C23H22Cl2N2O5S. The standard InChI is InChI=1S/C23H22Cl2N2O5S/c1-3-22(32-18-6-4-5-17(14-18)31-2)23(28)26-16-8-10-19(11-9-16)33(29,30)27-21-12-7-15(24)13-20(21)25/h4-14,22,27H,3H2,1-2H3,(H,26,28)/t22-/m1/s1. The summed E-state index contributed by atoms with van der Waals surface area (Å²) >= 11 is 11.9. The number of amides is 1. The summed E-state index contributed by atoms with van der Waals surface area (Å²) in [5.74, 6) is 0.764. The normalized spacial score (nSPS) is 12.0. The summed E-state index contributed by atoms with van der Waals surface area (Å²) in [7, 11) is -2.34. The van der Waals surface area contributed by atoms with Gasteiger partial charge >= 0.3 is 0 Å². The fraction of sp³-hybridized carbons (Fsp3) is 0.174. The van der Waals surface area contributed by atoms with E-state index in [-0.39, 0.29) is 21.5 Å². The highest BCUT2D eigenvalue weighted by molar-refractivity contribution is 7.92. The van der Waals surface area contributed by atoms with E-state index in [0.717, 1.165) is 0 Å². The zero-order chi connectivity index (χ0) is 24.0. The largest absolute Gasteiger partial charge is 0.497 e. The van der Waals surface area contributed by atoms with Gasteiger partial charge in [-0.2, -0.15) is 0 Å². The van der Waals surface area contributed by atoms with Gasteiger partial charge in [-0.1, -0.05) is 36.2 Å². The topological polar surface area (TPSA) is 93.7 Å². The maximum Gasteiger partial charge on any atom is 0.265 e. The Hall–Kier alpha value is -2.94. The predicted octanol–water partition coefficient (Wildman–Crippen LogP) is 5.60. The predicted molar refractivity (Wildman–Crippen MR) is 130 cm³/mol. The van der Waals surface area contributed by atoms with E-state index in [9.17, 15) is 13.2 Å². The molecule has 2 N–H and O–H groups in total. The molecule has 0 saturated heterocycles. The SMILES string of the molecule is CC[C@@H](Oc1cccc(OC)c1)C(=O)Nc1ccc(S(=O)(=O)Nc2ccc(Cl)cc2Cl)cc1. The van der Waals surface area contributed by atoms with Crippen LogP contribution in [0.2, 0.25) is 10.0 Å². The lowest BCUT2D eigenvalue weighted by molar-refractivity contribution is -0.122. The van der Waals surface area contributed by atoms with Crippen molar-refractivity contribution in [1.82, 2.24) is 0 Å². The Bertz CT molecular complexity index is 1230. The minimum Gasteiger partial charge on any atom is -0.497 e. The number of rotatable bonds is 9. The van der Waals surface area contributed by atoms with Crippen molar-refractivity contribution < 1.29 is 22.7 Å². The zero-order valence-corrected chi connectivity index (χ0v) is 20.2. The van der Waals surface area contributed by atoms with Gasteiger partial charge in [-0.05, 0) is 61.0 Å². The van der Waals surface area contributed by atoms with Crippen LogP contribution in [0, 0.1) is 0 Å². The molecule has 33 heavy (non-hydrogen) atoms. The molecule has 0 bridgehead atoms. The maximum atomic E-state index is 12.7. The van der Waals surface area contributed by atoms with Crippen LogP contribution < -0.4 is 19.5 Å². The lowest BCUT2D eigenvalue weighted by atomic mass is 10.2. The Morgan fingerprint density at radius 1 is 1.00 bits per heavy atom. The van der Waals surface area contributed by atoms with Crippen molar-refractivity contribution >= 4 is 50.5 Å². The molecule has 10 heteroatoms. The van der Waals surface area contributed by atoms with Crippen molar-refractivity contribution in [3.05, 3.63) is 76.8 Å². The van der Waals surface area contributed by atoms with Crippen molar-refractivity contribution in [3.8, 4) is 11.5 Å². The number of methoxy groups -OCH3 is 1. The van der Waals surface area contributed by atoms with Gasteiger partial charge in [0, 0.05) is 16.8 Å². The van der Waals surface area contributed by atoms with Crippen LogP contribution in [0.25, 0.3) is 0 Å². The maximum absolute atomic E-state index is 12.7. The van der Waals surface area contributed by atoms with Crippen LogP contribution in [0.4, 0.5) is 11.4 Å². The third-order valence-corrected chi connectivity index (χ3v) is 6.52. The Morgan fingerprint density at radius 3 is 2.33 bits per heavy atom. The number of anilines is 2. The quantitative estimate of drug-likeness (QED) is 0.392. The van der Waals surface area contributed by atoms with Crippen LogP contribution in [-0.4, -0.2) is 27.5 Å². The van der Waals surface area contributed by atoms with E-state index in [1.54, 1.807) is 31.4 Å². The summed E-state index contributed by atoms with van der Waals surface area (Å²) in [6.45, 7) is 1.83. The minimum absolute atomic E-state index is 0.00573. The summed E-state index contributed by atoms with van der Waals surface area (Å²) in [4.78, 5) is 12.7. The molecule has 0 radical (unpaired) electrons. The molecule has 0 aliphatic heterocycles. The van der Waals surface area contributed by atoms with Gasteiger partial charge in [-0.25, -0.2) is 8.42 Å². The van der Waals surface area contributed by atoms with Gasteiger partial charge in [-0.15, -0.1) is 0 Å². The van der Waals surface area contributed by atoms with Gasteiger partial charge in [0.15, 0.2) is 6.10 Å². The first-order chi connectivity index (χ1) is 15.7.